The molecule has 0 bridgehead atoms. The fraction of sp³-hybridized carbons (Fsp3) is 0.500. The minimum atomic E-state index is -3.55. The van der Waals surface area contributed by atoms with Gasteiger partial charge < -0.3 is 0 Å². The summed E-state index contributed by atoms with van der Waals surface area (Å²) in [7, 11) is -1.83. The van der Waals surface area contributed by atoms with Crippen LogP contribution in [0.25, 0.3) is 0 Å². The third-order valence-corrected chi connectivity index (χ3v) is 4.54. The van der Waals surface area contributed by atoms with Crippen molar-refractivity contribution in [1.82, 2.24) is 29.7 Å². The molecule has 0 saturated heterocycles. The Morgan fingerprint density at radius 3 is 2.68 bits per heavy atom. The smallest absolute Gasteiger partial charge is 0.244 e. The molecule has 0 radical (unpaired) electrons. The molecule has 0 aliphatic heterocycles. The summed E-state index contributed by atoms with van der Waals surface area (Å²) in [6.07, 6.45) is 1.84. The molecule has 104 valence electrons. The molecular formula is C10H16N6O2S. The molecule has 9 heteroatoms. The van der Waals surface area contributed by atoms with Crippen molar-refractivity contribution >= 4 is 10.0 Å². The second-order valence-electron chi connectivity index (χ2n) is 4.20. The highest BCUT2D eigenvalue weighted by Gasteiger charge is 2.23. The molecule has 0 aliphatic rings. The first-order valence-electron chi connectivity index (χ1n) is 5.76. The van der Waals surface area contributed by atoms with Gasteiger partial charge in [-0.3, -0.25) is 9.78 Å². The number of hydrogen-bond donors (Lipinski definition) is 2. The van der Waals surface area contributed by atoms with Gasteiger partial charge in [-0.1, -0.05) is 0 Å². The van der Waals surface area contributed by atoms with E-state index in [-0.39, 0.29) is 11.4 Å². The summed E-state index contributed by atoms with van der Waals surface area (Å²) in [6.45, 7) is 3.66. The Labute approximate surface area is 111 Å². The number of aromatic nitrogens is 5. The molecule has 2 aromatic heterocycles. The lowest BCUT2D eigenvalue weighted by atomic mass is 10.4. The molecule has 0 atom stereocenters. The van der Waals surface area contributed by atoms with Gasteiger partial charge in [0.05, 0.1) is 11.4 Å². The third kappa shape index (κ3) is 2.82. The van der Waals surface area contributed by atoms with E-state index >= 15 is 0 Å². The summed E-state index contributed by atoms with van der Waals surface area (Å²) in [5.41, 5.74) is 1.11. The van der Waals surface area contributed by atoms with Crippen molar-refractivity contribution in [1.29, 1.82) is 0 Å². The number of H-pyrrole nitrogens is 1. The van der Waals surface area contributed by atoms with Gasteiger partial charge in [-0.15, -0.1) is 0 Å². The summed E-state index contributed by atoms with van der Waals surface area (Å²) in [4.78, 5) is 4.17. The highest BCUT2D eigenvalue weighted by molar-refractivity contribution is 7.89. The van der Waals surface area contributed by atoms with Crippen LogP contribution in [-0.2, 0) is 23.5 Å². The summed E-state index contributed by atoms with van der Waals surface area (Å²) >= 11 is 0. The minimum absolute atomic E-state index is 0.243. The molecule has 0 fully saturated rings. The molecule has 0 saturated carbocycles. The van der Waals surface area contributed by atoms with Crippen LogP contribution in [0.2, 0.25) is 0 Å². The molecular weight excluding hydrogens is 268 g/mol. The lowest BCUT2D eigenvalue weighted by Crippen LogP contribution is -2.27. The van der Waals surface area contributed by atoms with Crippen LogP contribution in [0.5, 0.6) is 0 Å². The number of sulfonamides is 1. The molecule has 2 rings (SSSR count). The Hall–Kier alpha value is -1.74. The van der Waals surface area contributed by atoms with Crippen LogP contribution in [0.15, 0.2) is 11.2 Å². The number of aryl methyl sites for hydroxylation is 2. The first-order valence-corrected chi connectivity index (χ1v) is 7.24. The number of hydrogen-bond acceptors (Lipinski definition) is 5. The van der Waals surface area contributed by atoms with E-state index in [1.54, 1.807) is 25.6 Å². The zero-order valence-electron chi connectivity index (χ0n) is 11.0. The van der Waals surface area contributed by atoms with Gasteiger partial charge in [0, 0.05) is 20.0 Å². The second kappa shape index (κ2) is 5.10. The van der Waals surface area contributed by atoms with E-state index < -0.39 is 10.0 Å². The fourth-order valence-electron chi connectivity index (χ4n) is 1.87. The van der Waals surface area contributed by atoms with E-state index in [0.717, 1.165) is 0 Å². The van der Waals surface area contributed by atoms with Crippen LogP contribution in [0.4, 0.5) is 0 Å². The van der Waals surface area contributed by atoms with E-state index in [1.165, 1.54) is 6.33 Å². The molecule has 0 aliphatic carbocycles. The van der Waals surface area contributed by atoms with Crippen molar-refractivity contribution in [2.75, 3.05) is 6.54 Å². The summed E-state index contributed by atoms with van der Waals surface area (Å²) < 4.78 is 28.5. The molecule has 2 aromatic rings. The van der Waals surface area contributed by atoms with Gasteiger partial charge in [-0.05, 0) is 13.8 Å². The maximum Gasteiger partial charge on any atom is 0.244 e. The van der Waals surface area contributed by atoms with Gasteiger partial charge in [0.1, 0.15) is 17.0 Å². The lowest BCUT2D eigenvalue weighted by molar-refractivity contribution is 0.579. The highest BCUT2D eigenvalue weighted by Crippen LogP contribution is 2.17. The third-order valence-electron chi connectivity index (χ3n) is 2.83. The van der Waals surface area contributed by atoms with E-state index in [9.17, 15) is 8.42 Å². The first kappa shape index (κ1) is 13.7. The average Bonchev–Trinajstić information content (AvgIpc) is 2.88. The monoisotopic (exact) mass is 284 g/mol. The van der Waals surface area contributed by atoms with Gasteiger partial charge in [0.25, 0.3) is 0 Å². The molecule has 8 nitrogen and oxygen atoms in total. The van der Waals surface area contributed by atoms with Crippen LogP contribution in [0, 0.1) is 13.8 Å². The Morgan fingerprint density at radius 2 is 2.16 bits per heavy atom. The van der Waals surface area contributed by atoms with Crippen LogP contribution in [0.3, 0.4) is 0 Å². The molecule has 0 aromatic carbocycles. The Balaban J connectivity index is 2.10. The second-order valence-corrected chi connectivity index (χ2v) is 5.91. The van der Waals surface area contributed by atoms with E-state index in [2.05, 4.69) is 25.0 Å². The average molecular weight is 284 g/mol. The SMILES string of the molecule is Cc1nn(C)c(C)c1S(=O)(=O)NCCc1ncn[nH]1. The van der Waals surface area contributed by atoms with Crippen molar-refractivity contribution in [3.8, 4) is 0 Å². The Morgan fingerprint density at radius 1 is 1.42 bits per heavy atom. The molecule has 0 amide bonds. The predicted molar refractivity (Wildman–Crippen MR) is 68.0 cm³/mol. The largest absolute Gasteiger partial charge is 0.271 e. The zero-order valence-corrected chi connectivity index (χ0v) is 11.8. The van der Waals surface area contributed by atoms with Crippen molar-refractivity contribution in [3.63, 3.8) is 0 Å². The molecule has 2 heterocycles. The maximum absolute atomic E-state index is 12.2. The van der Waals surface area contributed by atoms with Crippen LogP contribution in [-0.4, -0.2) is 39.9 Å². The fourth-order valence-corrected chi connectivity index (χ4v) is 3.34. The molecule has 19 heavy (non-hydrogen) atoms. The van der Waals surface area contributed by atoms with Crippen LogP contribution in [0.1, 0.15) is 17.2 Å². The summed E-state index contributed by atoms with van der Waals surface area (Å²) in [5, 5.41) is 10.5. The summed E-state index contributed by atoms with van der Waals surface area (Å²) in [6, 6.07) is 0. The zero-order chi connectivity index (χ0) is 14.0. The van der Waals surface area contributed by atoms with Gasteiger partial charge in [-0.2, -0.15) is 10.2 Å². The van der Waals surface area contributed by atoms with Crippen LogP contribution >= 0.6 is 0 Å². The number of aromatic amines is 1. The number of rotatable bonds is 5. The topological polar surface area (TPSA) is 106 Å². The summed E-state index contributed by atoms with van der Waals surface area (Å²) in [5.74, 6) is 0.641. The molecule has 0 spiro atoms. The Bertz CT molecular complexity index is 659. The Kier molecular flexibility index (Phi) is 3.67. The van der Waals surface area contributed by atoms with Gasteiger partial charge >= 0.3 is 0 Å². The quantitative estimate of drug-likeness (QED) is 0.782. The van der Waals surface area contributed by atoms with Crippen molar-refractivity contribution in [2.45, 2.75) is 25.2 Å². The van der Waals surface area contributed by atoms with Crippen molar-refractivity contribution < 1.29 is 8.42 Å². The van der Waals surface area contributed by atoms with E-state index in [1.807, 2.05) is 0 Å². The maximum atomic E-state index is 12.2. The molecule has 2 N–H and O–H groups in total. The van der Waals surface area contributed by atoms with Crippen molar-refractivity contribution in [2.24, 2.45) is 7.05 Å². The van der Waals surface area contributed by atoms with Crippen molar-refractivity contribution in [3.05, 3.63) is 23.5 Å². The standard InChI is InChI=1S/C10H16N6O2S/c1-7-10(8(2)16(3)15-7)19(17,18)13-5-4-9-11-6-12-14-9/h6,13H,4-5H2,1-3H3,(H,11,12,14). The molecule has 0 unspecified atom stereocenters. The predicted octanol–water partition coefficient (Wildman–Crippen LogP) is -0.324. The highest BCUT2D eigenvalue weighted by atomic mass is 32.2. The normalized spacial score (nSPS) is 11.9. The van der Waals surface area contributed by atoms with E-state index in [0.29, 0.717) is 23.6 Å². The van der Waals surface area contributed by atoms with E-state index in [4.69, 9.17) is 0 Å². The van der Waals surface area contributed by atoms with Gasteiger partial charge in [-0.25, -0.2) is 18.1 Å². The van der Waals surface area contributed by atoms with Crippen LogP contribution < -0.4 is 4.72 Å². The number of nitrogens with one attached hydrogen (secondary N) is 2. The first-order chi connectivity index (χ1) is 8.92. The van der Waals surface area contributed by atoms with Gasteiger partial charge in [0.2, 0.25) is 10.0 Å². The number of nitrogens with zero attached hydrogens (tertiary/aromatic N) is 4. The lowest BCUT2D eigenvalue weighted by Gasteiger charge is -2.06. The van der Waals surface area contributed by atoms with Gasteiger partial charge in [0.15, 0.2) is 0 Å². The minimum Gasteiger partial charge on any atom is -0.271 e.